The van der Waals surface area contributed by atoms with E-state index in [-0.39, 0.29) is 0 Å². The first-order chi connectivity index (χ1) is 8.84. The summed E-state index contributed by atoms with van der Waals surface area (Å²) in [6.07, 6.45) is 3.75. The van der Waals surface area contributed by atoms with Crippen molar-refractivity contribution in [1.82, 2.24) is 15.3 Å². The molecule has 0 spiro atoms. The Bertz CT molecular complexity index is 510. The molecule has 1 atom stereocenters. The van der Waals surface area contributed by atoms with Crippen molar-refractivity contribution in [3.05, 3.63) is 41.9 Å². The van der Waals surface area contributed by atoms with Gasteiger partial charge in [-0.15, -0.1) is 0 Å². The SMILES string of the molecule is Cc1[nH]c([C@@H]2CCCCN2)nc1-c1ccccc1. The molecule has 2 N–H and O–H groups in total. The molecule has 94 valence electrons. The van der Waals surface area contributed by atoms with Crippen LogP contribution in [0.15, 0.2) is 30.3 Å². The van der Waals surface area contributed by atoms with Gasteiger partial charge in [0.05, 0.1) is 11.7 Å². The van der Waals surface area contributed by atoms with Gasteiger partial charge in [-0.3, -0.25) is 0 Å². The molecule has 0 saturated carbocycles. The molecule has 1 aromatic heterocycles. The van der Waals surface area contributed by atoms with Crippen LogP contribution >= 0.6 is 0 Å². The predicted octanol–water partition coefficient (Wildman–Crippen LogP) is 3.20. The summed E-state index contributed by atoms with van der Waals surface area (Å²) in [5.74, 6) is 1.09. The van der Waals surface area contributed by atoms with E-state index in [1.165, 1.54) is 24.8 Å². The molecule has 3 nitrogen and oxygen atoms in total. The fraction of sp³-hybridized carbons (Fsp3) is 0.400. The van der Waals surface area contributed by atoms with Crippen LogP contribution in [0.25, 0.3) is 11.3 Å². The lowest BCUT2D eigenvalue weighted by atomic mass is 10.0. The van der Waals surface area contributed by atoms with E-state index in [0.29, 0.717) is 6.04 Å². The van der Waals surface area contributed by atoms with Crippen LogP contribution in [0.5, 0.6) is 0 Å². The third kappa shape index (κ3) is 2.18. The van der Waals surface area contributed by atoms with Crippen molar-refractivity contribution >= 4 is 0 Å². The van der Waals surface area contributed by atoms with Crippen LogP contribution in [0.4, 0.5) is 0 Å². The van der Waals surface area contributed by atoms with E-state index in [1.807, 2.05) is 6.07 Å². The Balaban J connectivity index is 1.91. The standard InChI is InChI=1S/C15H19N3/c1-11-14(12-7-3-2-4-8-12)18-15(17-11)13-9-5-6-10-16-13/h2-4,7-8,13,16H,5-6,9-10H2,1H3,(H,17,18)/t13-/m0/s1. The van der Waals surface area contributed by atoms with Gasteiger partial charge >= 0.3 is 0 Å². The van der Waals surface area contributed by atoms with Crippen LogP contribution in [0.1, 0.15) is 36.8 Å². The molecular weight excluding hydrogens is 222 g/mol. The molecule has 0 aliphatic carbocycles. The van der Waals surface area contributed by atoms with Crippen LogP contribution in [-0.2, 0) is 0 Å². The second-order valence-electron chi connectivity index (χ2n) is 4.96. The summed E-state index contributed by atoms with van der Waals surface area (Å²) >= 11 is 0. The number of hydrogen-bond donors (Lipinski definition) is 2. The van der Waals surface area contributed by atoms with Gasteiger partial charge in [0, 0.05) is 11.3 Å². The Labute approximate surface area is 108 Å². The second kappa shape index (κ2) is 4.94. The molecule has 1 aliphatic rings. The first-order valence-electron chi connectivity index (χ1n) is 6.70. The Morgan fingerprint density at radius 2 is 2.00 bits per heavy atom. The minimum atomic E-state index is 0.398. The van der Waals surface area contributed by atoms with Gasteiger partial charge in [0.25, 0.3) is 0 Å². The highest BCUT2D eigenvalue weighted by atomic mass is 15.0. The lowest BCUT2D eigenvalue weighted by Crippen LogP contribution is -2.27. The highest BCUT2D eigenvalue weighted by Gasteiger charge is 2.19. The molecule has 0 amide bonds. The van der Waals surface area contributed by atoms with Crippen molar-refractivity contribution in [1.29, 1.82) is 0 Å². The van der Waals surface area contributed by atoms with E-state index in [4.69, 9.17) is 4.98 Å². The van der Waals surface area contributed by atoms with Gasteiger partial charge in [0.1, 0.15) is 5.82 Å². The summed E-state index contributed by atoms with van der Waals surface area (Å²) in [6.45, 7) is 3.20. The molecule has 0 unspecified atom stereocenters. The highest BCUT2D eigenvalue weighted by molar-refractivity contribution is 5.61. The predicted molar refractivity (Wildman–Crippen MR) is 73.4 cm³/mol. The minimum Gasteiger partial charge on any atom is -0.344 e. The van der Waals surface area contributed by atoms with Gasteiger partial charge in [-0.25, -0.2) is 4.98 Å². The van der Waals surface area contributed by atoms with Crippen molar-refractivity contribution in [3.63, 3.8) is 0 Å². The number of piperidine rings is 1. The third-order valence-corrected chi connectivity index (χ3v) is 3.59. The van der Waals surface area contributed by atoms with Crippen molar-refractivity contribution in [3.8, 4) is 11.3 Å². The van der Waals surface area contributed by atoms with E-state index in [1.54, 1.807) is 0 Å². The first-order valence-corrected chi connectivity index (χ1v) is 6.70. The Kier molecular flexibility index (Phi) is 3.15. The lowest BCUT2D eigenvalue weighted by molar-refractivity contribution is 0.399. The van der Waals surface area contributed by atoms with Gasteiger partial charge in [-0.2, -0.15) is 0 Å². The van der Waals surface area contributed by atoms with Crippen LogP contribution in [0.3, 0.4) is 0 Å². The highest BCUT2D eigenvalue weighted by Crippen LogP contribution is 2.26. The topological polar surface area (TPSA) is 40.7 Å². The molecule has 1 aromatic carbocycles. The monoisotopic (exact) mass is 241 g/mol. The maximum absolute atomic E-state index is 4.79. The smallest absolute Gasteiger partial charge is 0.124 e. The zero-order valence-corrected chi connectivity index (χ0v) is 10.7. The minimum absolute atomic E-state index is 0.398. The van der Waals surface area contributed by atoms with Crippen molar-refractivity contribution in [2.24, 2.45) is 0 Å². The van der Waals surface area contributed by atoms with Crippen molar-refractivity contribution in [2.45, 2.75) is 32.2 Å². The van der Waals surface area contributed by atoms with Crippen LogP contribution in [0.2, 0.25) is 0 Å². The van der Waals surface area contributed by atoms with Crippen LogP contribution < -0.4 is 5.32 Å². The normalized spacial score (nSPS) is 19.9. The number of imidazole rings is 1. The molecule has 1 aliphatic heterocycles. The summed E-state index contributed by atoms with van der Waals surface area (Å²) in [6, 6.07) is 10.8. The van der Waals surface area contributed by atoms with Crippen molar-refractivity contribution < 1.29 is 0 Å². The number of aromatic nitrogens is 2. The summed E-state index contributed by atoms with van der Waals surface area (Å²) in [5, 5.41) is 3.53. The largest absolute Gasteiger partial charge is 0.344 e. The van der Waals surface area contributed by atoms with E-state index >= 15 is 0 Å². The second-order valence-corrected chi connectivity index (χ2v) is 4.96. The summed E-state index contributed by atoms with van der Waals surface area (Å²) in [5.41, 5.74) is 3.43. The first kappa shape index (κ1) is 11.5. The molecule has 3 heteroatoms. The Morgan fingerprint density at radius 3 is 2.72 bits per heavy atom. The number of nitrogens with zero attached hydrogens (tertiary/aromatic N) is 1. The van der Waals surface area contributed by atoms with Gasteiger partial charge in [-0.05, 0) is 26.3 Å². The maximum atomic E-state index is 4.79. The number of aromatic amines is 1. The van der Waals surface area contributed by atoms with E-state index < -0.39 is 0 Å². The third-order valence-electron chi connectivity index (χ3n) is 3.59. The molecule has 18 heavy (non-hydrogen) atoms. The molecule has 0 bridgehead atoms. The van der Waals surface area contributed by atoms with Crippen LogP contribution in [-0.4, -0.2) is 16.5 Å². The summed E-state index contributed by atoms with van der Waals surface area (Å²) < 4.78 is 0. The zero-order chi connectivity index (χ0) is 12.4. The molecule has 1 saturated heterocycles. The van der Waals surface area contributed by atoms with Crippen LogP contribution in [0, 0.1) is 6.92 Å². The number of nitrogens with one attached hydrogen (secondary N) is 2. The zero-order valence-electron chi connectivity index (χ0n) is 10.7. The Hall–Kier alpha value is -1.61. The molecule has 2 heterocycles. The van der Waals surface area contributed by atoms with Gasteiger partial charge in [0.2, 0.25) is 0 Å². The van der Waals surface area contributed by atoms with E-state index in [0.717, 1.165) is 23.8 Å². The molecule has 0 radical (unpaired) electrons. The number of hydrogen-bond acceptors (Lipinski definition) is 2. The Morgan fingerprint density at radius 1 is 1.17 bits per heavy atom. The summed E-state index contributed by atoms with van der Waals surface area (Å²) in [7, 11) is 0. The lowest BCUT2D eigenvalue weighted by Gasteiger charge is -2.21. The molecule has 3 rings (SSSR count). The average molecular weight is 241 g/mol. The fourth-order valence-electron chi connectivity index (χ4n) is 2.61. The number of benzene rings is 1. The summed E-state index contributed by atoms with van der Waals surface area (Å²) in [4.78, 5) is 8.22. The number of aryl methyl sites for hydroxylation is 1. The molecular formula is C15H19N3. The fourth-order valence-corrected chi connectivity index (χ4v) is 2.61. The van der Waals surface area contributed by atoms with Gasteiger partial charge in [-0.1, -0.05) is 36.8 Å². The van der Waals surface area contributed by atoms with Gasteiger partial charge < -0.3 is 10.3 Å². The van der Waals surface area contributed by atoms with Gasteiger partial charge in [0.15, 0.2) is 0 Å². The number of H-pyrrole nitrogens is 1. The van der Waals surface area contributed by atoms with Crippen molar-refractivity contribution in [2.75, 3.05) is 6.54 Å². The average Bonchev–Trinajstić information content (AvgIpc) is 2.83. The van der Waals surface area contributed by atoms with E-state index in [2.05, 4.69) is 41.5 Å². The molecule has 1 fully saturated rings. The quantitative estimate of drug-likeness (QED) is 0.847. The number of rotatable bonds is 2. The van der Waals surface area contributed by atoms with E-state index in [9.17, 15) is 0 Å². The maximum Gasteiger partial charge on any atom is 0.124 e. The molecule has 2 aromatic rings.